The van der Waals surface area contributed by atoms with Crippen molar-refractivity contribution in [2.24, 2.45) is 0 Å². The number of nitrogens with one attached hydrogen (secondary N) is 1. The quantitative estimate of drug-likeness (QED) is 0.423. The average Bonchev–Trinajstić information content (AvgIpc) is 2.82. The van der Waals surface area contributed by atoms with Gasteiger partial charge >= 0.3 is 0 Å². The number of benzene rings is 3. The number of halogens is 1. The SMILES string of the molecule is CCNC(=O)[C@H](Cc1ccccc1)N(Cc1ccc(Br)cc1)C(=O)COc1cccc(C)c1. The Morgan fingerprint density at radius 1 is 0.970 bits per heavy atom. The third-order valence-electron chi connectivity index (χ3n) is 5.24. The van der Waals surface area contributed by atoms with E-state index < -0.39 is 6.04 Å². The Balaban J connectivity index is 1.88. The Hall–Kier alpha value is -3.12. The third-order valence-corrected chi connectivity index (χ3v) is 5.77. The lowest BCUT2D eigenvalue weighted by Gasteiger charge is -2.31. The molecule has 1 N–H and O–H groups in total. The van der Waals surface area contributed by atoms with Crippen molar-refractivity contribution in [1.29, 1.82) is 0 Å². The molecule has 0 bridgehead atoms. The fourth-order valence-corrected chi connectivity index (χ4v) is 3.83. The summed E-state index contributed by atoms with van der Waals surface area (Å²) in [5, 5.41) is 2.90. The zero-order valence-corrected chi connectivity index (χ0v) is 20.5. The molecule has 0 heterocycles. The smallest absolute Gasteiger partial charge is 0.261 e. The summed E-state index contributed by atoms with van der Waals surface area (Å²) in [4.78, 5) is 28.2. The maximum atomic E-state index is 13.4. The molecule has 1 atom stereocenters. The second-order valence-corrected chi connectivity index (χ2v) is 8.77. The second-order valence-electron chi connectivity index (χ2n) is 7.85. The summed E-state index contributed by atoms with van der Waals surface area (Å²) in [7, 11) is 0. The number of carbonyl (C=O) groups is 2. The first kappa shape index (κ1) is 24.5. The van der Waals surface area contributed by atoms with Crippen LogP contribution in [0.1, 0.15) is 23.6 Å². The van der Waals surface area contributed by atoms with E-state index in [4.69, 9.17) is 4.74 Å². The van der Waals surface area contributed by atoms with Gasteiger partial charge in [-0.15, -0.1) is 0 Å². The van der Waals surface area contributed by atoms with Gasteiger partial charge in [0.1, 0.15) is 11.8 Å². The van der Waals surface area contributed by atoms with Crippen LogP contribution < -0.4 is 10.1 Å². The zero-order valence-electron chi connectivity index (χ0n) is 19.0. The minimum absolute atomic E-state index is 0.148. The summed E-state index contributed by atoms with van der Waals surface area (Å²) in [6.07, 6.45) is 0.416. The molecule has 3 aromatic rings. The molecule has 0 fully saturated rings. The minimum Gasteiger partial charge on any atom is -0.484 e. The first-order valence-electron chi connectivity index (χ1n) is 11.0. The number of nitrogens with zero attached hydrogens (tertiary/aromatic N) is 1. The molecule has 0 aromatic heterocycles. The van der Waals surface area contributed by atoms with E-state index in [1.807, 2.05) is 92.7 Å². The lowest BCUT2D eigenvalue weighted by molar-refractivity contribution is -0.142. The second kappa shape index (κ2) is 12.2. The molecule has 3 aromatic carbocycles. The molecule has 2 amide bonds. The van der Waals surface area contributed by atoms with Crippen LogP contribution in [0.15, 0.2) is 83.3 Å². The van der Waals surface area contributed by atoms with E-state index in [2.05, 4.69) is 21.2 Å². The van der Waals surface area contributed by atoms with E-state index in [0.717, 1.165) is 21.2 Å². The van der Waals surface area contributed by atoms with Crippen molar-refractivity contribution in [3.8, 4) is 5.75 Å². The number of amides is 2. The van der Waals surface area contributed by atoms with Gasteiger partial charge in [-0.05, 0) is 54.8 Å². The summed E-state index contributed by atoms with van der Waals surface area (Å²) in [6, 6.07) is 24.4. The molecule has 5 nitrogen and oxygen atoms in total. The summed E-state index contributed by atoms with van der Waals surface area (Å²) in [6.45, 7) is 4.49. The van der Waals surface area contributed by atoms with E-state index in [9.17, 15) is 9.59 Å². The van der Waals surface area contributed by atoms with Crippen molar-refractivity contribution in [2.75, 3.05) is 13.2 Å². The third kappa shape index (κ3) is 7.46. The van der Waals surface area contributed by atoms with Crippen molar-refractivity contribution < 1.29 is 14.3 Å². The van der Waals surface area contributed by atoms with Crippen LogP contribution in [0.4, 0.5) is 0 Å². The Labute approximate surface area is 203 Å². The van der Waals surface area contributed by atoms with Gasteiger partial charge in [-0.1, -0.05) is 70.5 Å². The molecule has 172 valence electrons. The standard InChI is InChI=1S/C27H29BrN2O3/c1-3-29-27(32)25(17-21-9-5-4-6-10-21)30(18-22-12-14-23(28)15-13-22)26(31)19-33-24-11-7-8-20(2)16-24/h4-16,25H,3,17-19H2,1-2H3,(H,29,32)/t25-/m0/s1. The van der Waals surface area contributed by atoms with Crippen LogP contribution in [-0.2, 0) is 22.6 Å². The van der Waals surface area contributed by atoms with Crippen molar-refractivity contribution in [3.05, 3.63) is 100 Å². The van der Waals surface area contributed by atoms with Gasteiger partial charge in [0, 0.05) is 24.0 Å². The number of rotatable bonds is 10. The number of hydrogen-bond donors (Lipinski definition) is 1. The van der Waals surface area contributed by atoms with Gasteiger partial charge < -0.3 is 15.0 Å². The first-order valence-corrected chi connectivity index (χ1v) is 11.8. The molecule has 0 aliphatic carbocycles. The molecular formula is C27H29BrN2O3. The van der Waals surface area contributed by atoms with Crippen LogP contribution in [0.25, 0.3) is 0 Å². The van der Waals surface area contributed by atoms with Crippen LogP contribution >= 0.6 is 15.9 Å². The topological polar surface area (TPSA) is 58.6 Å². The highest BCUT2D eigenvalue weighted by atomic mass is 79.9. The van der Waals surface area contributed by atoms with Crippen molar-refractivity contribution in [2.45, 2.75) is 32.9 Å². The largest absolute Gasteiger partial charge is 0.484 e. The normalized spacial score (nSPS) is 11.5. The Kier molecular flexibility index (Phi) is 9.07. The Morgan fingerprint density at radius 3 is 2.36 bits per heavy atom. The average molecular weight is 509 g/mol. The fourth-order valence-electron chi connectivity index (χ4n) is 3.57. The summed E-state index contributed by atoms with van der Waals surface area (Å²) < 4.78 is 6.75. The fraction of sp³-hybridized carbons (Fsp3) is 0.259. The molecule has 6 heteroatoms. The molecule has 0 saturated carbocycles. The predicted octanol–water partition coefficient (Wildman–Crippen LogP) is 4.91. The molecule has 0 unspecified atom stereocenters. The highest BCUT2D eigenvalue weighted by Crippen LogP contribution is 2.18. The van der Waals surface area contributed by atoms with Crippen LogP contribution in [0, 0.1) is 6.92 Å². The van der Waals surface area contributed by atoms with Crippen molar-refractivity contribution in [1.82, 2.24) is 10.2 Å². The van der Waals surface area contributed by atoms with Crippen molar-refractivity contribution >= 4 is 27.7 Å². The predicted molar refractivity (Wildman–Crippen MR) is 134 cm³/mol. The highest BCUT2D eigenvalue weighted by molar-refractivity contribution is 9.10. The zero-order chi connectivity index (χ0) is 23.6. The molecule has 0 radical (unpaired) electrons. The highest BCUT2D eigenvalue weighted by Gasteiger charge is 2.30. The minimum atomic E-state index is -0.662. The molecule has 0 spiro atoms. The summed E-state index contributed by atoms with van der Waals surface area (Å²) in [5.74, 6) is 0.207. The number of likely N-dealkylation sites (N-methyl/N-ethyl adjacent to an activating group) is 1. The van der Waals surface area contributed by atoms with Gasteiger partial charge in [0.15, 0.2) is 6.61 Å². The van der Waals surface area contributed by atoms with E-state index in [0.29, 0.717) is 25.3 Å². The van der Waals surface area contributed by atoms with Crippen LogP contribution in [-0.4, -0.2) is 35.9 Å². The number of hydrogen-bond acceptors (Lipinski definition) is 3. The molecule has 0 aliphatic rings. The van der Waals surface area contributed by atoms with Crippen molar-refractivity contribution in [3.63, 3.8) is 0 Å². The van der Waals surface area contributed by atoms with E-state index in [1.54, 1.807) is 4.90 Å². The summed E-state index contributed by atoms with van der Waals surface area (Å²) >= 11 is 3.45. The molecule has 33 heavy (non-hydrogen) atoms. The molecule has 0 saturated heterocycles. The lowest BCUT2D eigenvalue weighted by Crippen LogP contribution is -2.51. The Bertz CT molecular complexity index is 1050. The number of carbonyl (C=O) groups excluding carboxylic acids is 2. The maximum absolute atomic E-state index is 13.4. The van der Waals surface area contributed by atoms with E-state index in [-0.39, 0.29) is 18.4 Å². The molecule has 3 rings (SSSR count). The van der Waals surface area contributed by atoms with Crippen LogP contribution in [0.5, 0.6) is 5.75 Å². The van der Waals surface area contributed by atoms with Gasteiger partial charge in [-0.3, -0.25) is 9.59 Å². The Morgan fingerprint density at radius 2 is 1.70 bits per heavy atom. The lowest BCUT2D eigenvalue weighted by atomic mass is 10.0. The maximum Gasteiger partial charge on any atom is 0.261 e. The van der Waals surface area contributed by atoms with E-state index in [1.165, 1.54) is 0 Å². The monoisotopic (exact) mass is 508 g/mol. The van der Waals surface area contributed by atoms with E-state index >= 15 is 0 Å². The van der Waals surface area contributed by atoms with Gasteiger partial charge in [-0.25, -0.2) is 0 Å². The van der Waals surface area contributed by atoms with Crippen LogP contribution in [0.2, 0.25) is 0 Å². The first-order chi connectivity index (χ1) is 16.0. The van der Waals surface area contributed by atoms with Crippen LogP contribution in [0.3, 0.4) is 0 Å². The van der Waals surface area contributed by atoms with Gasteiger partial charge in [-0.2, -0.15) is 0 Å². The summed E-state index contributed by atoms with van der Waals surface area (Å²) in [5.41, 5.74) is 2.97. The van der Waals surface area contributed by atoms with Gasteiger partial charge in [0.2, 0.25) is 5.91 Å². The van der Waals surface area contributed by atoms with Gasteiger partial charge in [0.05, 0.1) is 0 Å². The number of aryl methyl sites for hydroxylation is 1. The van der Waals surface area contributed by atoms with Gasteiger partial charge in [0.25, 0.3) is 5.91 Å². The number of ether oxygens (including phenoxy) is 1. The molecule has 0 aliphatic heterocycles. The molecular weight excluding hydrogens is 480 g/mol.